The Balaban J connectivity index is 1.51. The summed E-state index contributed by atoms with van der Waals surface area (Å²) in [6.07, 6.45) is 1.63. The third-order valence-corrected chi connectivity index (χ3v) is 7.61. The van der Waals surface area contributed by atoms with Gasteiger partial charge in [0.25, 0.3) is 0 Å². The van der Waals surface area contributed by atoms with Gasteiger partial charge in [0.15, 0.2) is 5.78 Å². The minimum atomic E-state index is -0.556. The first-order chi connectivity index (χ1) is 19.6. The molecule has 0 bridgehead atoms. The average Bonchev–Trinajstić information content (AvgIpc) is 3.07. The normalized spacial score (nSPS) is 17.6. The minimum Gasteiger partial charge on any atom is -0.465 e. The smallest absolute Gasteiger partial charge is 0.337 e. The summed E-state index contributed by atoms with van der Waals surface area (Å²) in [6, 6.07) is 20.4. The largest absolute Gasteiger partial charge is 0.465 e. The second-order valence-corrected chi connectivity index (χ2v) is 11.3. The number of methoxy groups -OCH3 is 1. The number of carbonyl (C=O) groups excluding carboxylic acids is 3. The molecular weight excluding hydrogens is 521 g/mol. The maximum atomic E-state index is 13.8. The van der Waals surface area contributed by atoms with Crippen LogP contribution in [0.3, 0.4) is 0 Å². The highest BCUT2D eigenvalue weighted by molar-refractivity contribution is 6.02. The Hall–Kier alpha value is -4.46. The Bertz CT molecular complexity index is 1500. The van der Waals surface area contributed by atoms with Gasteiger partial charge in [0.2, 0.25) is 5.91 Å². The maximum absolute atomic E-state index is 13.8. The fraction of sp³-hybridized carbons (Fsp3) is 0.303. The molecule has 8 heteroatoms. The summed E-state index contributed by atoms with van der Waals surface area (Å²) in [7, 11) is 1.33. The molecule has 5 rings (SSSR count). The van der Waals surface area contributed by atoms with Gasteiger partial charge in [-0.1, -0.05) is 50.2 Å². The third kappa shape index (κ3) is 6.16. The molecule has 0 aromatic heterocycles. The van der Waals surface area contributed by atoms with E-state index in [1.165, 1.54) is 19.2 Å². The number of hydrogen-bond donors (Lipinski definition) is 2. The van der Waals surface area contributed by atoms with Crippen molar-refractivity contribution in [1.29, 1.82) is 0 Å². The molecule has 0 saturated heterocycles. The van der Waals surface area contributed by atoms with Gasteiger partial charge in [-0.2, -0.15) is 0 Å². The Morgan fingerprint density at radius 2 is 1.73 bits per heavy atom. The summed E-state index contributed by atoms with van der Waals surface area (Å²) in [5.41, 5.74) is 4.98. The van der Waals surface area contributed by atoms with Crippen LogP contribution in [-0.2, 0) is 20.7 Å². The van der Waals surface area contributed by atoms with E-state index in [1.54, 1.807) is 24.3 Å². The fourth-order valence-corrected chi connectivity index (χ4v) is 5.70. The van der Waals surface area contributed by atoms with Crippen LogP contribution in [0.5, 0.6) is 0 Å². The fourth-order valence-electron chi connectivity index (χ4n) is 5.70. The van der Waals surface area contributed by atoms with E-state index in [-0.39, 0.29) is 29.5 Å². The molecule has 7 nitrogen and oxygen atoms in total. The highest BCUT2D eigenvalue weighted by Crippen LogP contribution is 2.48. The number of fused-ring (bicyclic) bond motifs is 1. The number of nitrogens with zero attached hydrogens (tertiary/aromatic N) is 1. The van der Waals surface area contributed by atoms with E-state index in [0.717, 1.165) is 28.2 Å². The second-order valence-electron chi connectivity index (χ2n) is 11.3. The number of ether oxygens (including phenoxy) is 1. The summed E-state index contributed by atoms with van der Waals surface area (Å²) in [5, 5.41) is 6.53. The zero-order valence-electron chi connectivity index (χ0n) is 23.5. The van der Waals surface area contributed by atoms with Gasteiger partial charge in [-0.05, 0) is 65.8 Å². The van der Waals surface area contributed by atoms with E-state index in [2.05, 4.69) is 24.5 Å². The number of halogens is 1. The molecule has 1 unspecified atom stereocenters. The zero-order valence-corrected chi connectivity index (χ0v) is 23.5. The van der Waals surface area contributed by atoms with Crippen molar-refractivity contribution >= 4 is 29.0 Å². The summed E-state index contributed by atoms with van der Waals surface area (Å²) in [6.45, 7) is 4.55. The Labute approximate surface area is 239 Å². The molecule has 0 spiro atoms. The molecule has 0 fully saturated rings. The molecule has 212 valence electrons. The van der Waals surface area contributed by atoms with Gasteiger partial charge in [-0.3, -0.25) is 9.59 Å². The molecule has 1 amide bonds. The zero-order chi connectivity index (χ0) is 29.1. The number of ketones is 1. The van der Waals surface area contributed by atoms with Crippen molar-refractivity contribution in [1.82, 2.24) is 5.32 Å². The van der Waals surface area contributed by atoms with Crippen molar-refractivity contribution in [3.8, 4) is 0 Å². The summed E-state index contributed by atoms with van der Waals surface area (Å²) in [4.78, 5) is 41.3. The van der Waals surface area contributed by atoms with Crippen molar-refractivity contribution in [2.45, 2.75) is 39.2 Å². The molecule has 1 atom stereocenters. The lowest BCUT2D eigenvalue weighted by atomic mass is 9.73. The van der Waals surface area contributed by atoms with E-state index in [4.69, 9.17) is 4.74 Å². The van der Waals surface area contributed by atoms with Crippen LogP contribution < -0.4 is 15.5 Å². The SMILES string of the molecule is COC(=O)c1ccc(C2C3=C(CC(C)(C)CC3=O)Nc3ccccc3N2CC(=O)NCCc2ccc(F)cc2)cc1. The van der Waals surface area contributed by atoms with Crippen LogP contribution >= 0.6 is 0 Å². The lowest BCUT2D eigenvalue weighted by Crippen LogP contribution is -2.42. The number of carbonyl (C=O) groups is 3. The lowest BCUT2D eigenvalue weighted by Gasteiger charge is -2.38. The lowest BCUT2D eigenvalue weighted by molar-refractivity contribution is -0.120. The van der Waals surface area contributed by atoms with Crippen LogP contribution in [0.15, 0.2) is 84.1 Å². The van der Waals surface area contributed by atoms with Gasteiger partial charge < -0.3 is 20.3 Å². The number of hydrogen-bond acceptors (Lipinski definition) is 6. The predicted octanol–water partition coefficient (Wildman–Crippen LogP) is 5.59. The van der Waals surface area contributed by atoms with Crippen LogP contribution in [0.25, 0.3) is 0 Å². The van der Waals surface area contributed by atoms with Gasteiger partial charge in [-0.15, -0.1) is 0 Å². The number of amides is 1. The topological polar surface area (TPSA) is 87.7 Å². The first-order valence-corrected chi connectivity index (χ1v) is 13.7. The van der Waals surface area contributed by atoms with E-state index in [0.29, 0.717) is 36.9 Å². The number of anilines is 2. The molecule has 1 aliphatic carbocycles. The van der Waals surface area contributed by atoms with Crippen LogP contribution in [-0.4, -0.2) is 37.9 Å². The first kappa shape index (κ1) is 28.1. The Kier molecular flexibility index (Phi) is 7.92. The summed E-state index contributed by atoms with van der Waals surface area (Å²) in [5.74, 6) is -0.922. The Morgan fingerprint density at radius 1 is 1.02 bits per heavy atom. The van der Waals surface area contributed by atoms with E-state index in [9.17, 15) is 18.8 Å². The number of allylic oxidation sites excluding steroid dienone is 1. The average molecular weight is 556 g/mol. The molecule has 41 heavy (non-hydrogen) atoms. The van der Waals surface area contributed by atoms with Crippen molar-refractivity contribution in [3.63, 3.8) is 0 Å². The highest BCUT2D eigenvalue weighted by atomic mass is 19.1. The molecule has 1 heterocycles. The standard InChI is InChI=1S/C33H34FN3O4/c1-33(2)18-26-30(28(38)19-33)31(22-10-12-23(13-11-22)32(40)41-3)37(27-7-5-4-6-25(27)36-26)20-29(39)35-17-16-21-8-14-24(34)15-9-21/h4-15,31,36H,16-20H2,1-3H3,(H,35,39). The van der Waals surface area contributed by atoms with Crippen molar-refractivity contribution < 1.29 is 23.5 Å². The molecule has 2 aliphatic rings. The van der Waals surface area contributed by atoms with Crippen LogP contribution in [0.2, 0.25) is 0 Å². The monoisotopic (exact) mass is 555 g/mol. The van der Waals surface area contributed by atoms with Crippen molar-refractivity contribution in [2.75, 3.05) is 30.4 Å². The van der Waals surface area contributed by atoms with Crippen molar-refractivity contribution in [2.24, 2.45) is 5.41 Å². The summed E-state index contributed by atoms with van der Waals surface area (Å²) < 4.78 is 18.1. The second kappa shape index (κ2) is 11.6. The highest BCUT2D eigenvalue weighted by Gasteiger charge is 2.41. The third-order valence-electron chi connectivity index (χ3n) is 7.61. The molecule has 1 aliphatic heterocycles. The van der Waals surface area contributed by atoms with Gasteiger partial charge >= 0.3 is 5.97 Å². The number of Topliss-reactive ketones (excluding diaryl/α,β-unsaturated/α-hetero) is 1. The van der Waals surface area contributed by atoms with Gasteiger partial charge in [0, 0.05) is 24.2 Å². The number of esters is 1. The van der Waals surface area contributed by atoms with Gasteiger partial charge in [-0.25, -0.2) is 9.18 Å². The number of rotatable bonds is 7. The Morgan fingerprint density at radius 3 is 2.44 bits per heavy atom. The van der Waals surface area contributed by atoms with Crippen molar-refractivity contribution in [3.05, 3.63) is 107 Å². The molecule has 3 aromatic carbocycles. The van der Waals surface area contributed by atoms with E-state index < -0.39 is 12.0 Å². The maximum Gasteiger partial charge on any atom is 0.337 e. The quantitative estimate of drug-likeness (QED) is 0.370. The first-order valence-electron chi connectivity index (χ1n) is 13.7. The predicted molar refractivity (Wildman–Crippen MR) is 156 cm³/mol. The number of para-hydroxylation sites is 2. The number of nitrogens with one attached hydrogen (secondary N) is 2. The molecule has 0 saturated carbocycles. The summed E-state index contributed by atoms with van der Waals surface area (Å²) >= 11 is 0. The van der Waals surface area contributed by atoms with Gasteiger partial charge in [0.1, 0.15) is 5.82 Å². The van der Waals surface area contributed by atoms with Crippen LogP contribution in [0.1, 0.15) is 54.2 Å². The van der Waals surface area contributed by atoms with Crippen LogP contribution in [0, 0.1) is 11.2 Å². The van der Waals surface area contributed by atoms with E-state index >= 15 is 0 Å². The molecule has 3 aromatic rings. The molecule has 0 radical (unpaired) electrons. The molecule has 2 N–H and O–H groups in total. The van der Waals surface area contributed by atoms with Crippen LogP contribution in [0.4, 0.5) is 15.8 Å². The molecular formula is C33H34FN3O4. The van der Waals surface area contributed by atoms with Gasteiger partial charge in [0.05, 0.1) is 36.6 Å². The number of benzene rings is 3. The minimum absolute atomic E-state index is 0.00101. The van der Waals surface area contributed by atoms with E-state index in [1.807, 2.05) is 41.3 Å².